The number of hydrogen-bond acceptors (Lipinski definition) is 3. The molecule has 2 saturated carbocycles. The van der Waals surface area contributed by atoms with Crippen molar-refractivity contribution in [2.24, 2.45) is 22.7 Å². The molecular formula is C20H31IN4O. The van der Waals surface area contributed by atoms with Crippen LogP contribution >= 0.6 is 24.0 Å². The van der Waals surface area contributed by atoms with Crippen LogP contribution in [0.3, 0.4) is 0 Å². The smallest absolute Gasteiger partial charge is 0.193 e. The second-order valence-corrected chi connectivity index (χ2v) is 7.73. The number of piperazine rings is 1. The van der Waals surface area contributed by atoms with E-state index in [1.165, 1.54) is 25.7 Å². The van der Waals surface area contributed by atoms with Crippen molar-refractivity contribution in [1.82, 2.24) is 10.2 Å². The Morgan fingerprint density at radius 3 is 2.27 bits per heavy atom. The van der Waals surface area contributed by atoms with Crippen LogP contribution in [-0.2, 0) is 0 Å². The van der Waals surface area contributed by atoms with Crippen molar-refractivity contribution in [2.75, 3.05) is 44.7 Å². The van der Waals surface area contributed by atoms with Gasteiger partial charge in [0.1, 0.15) is 5.75 Å². The molecule has 0 aromatic heterocycles. The van der Waals surface area contributed by atoms with Crippen LogP contribution in [0.15, 0.2) is 29.3 Å². The first-order valence-corrected chi connectivity index (χ1v) is 9.75. The molecule has 2 N–H and O–H groups in total. The van der Waals surface area contributed by atoms with Crippen molar-refractivity contribution in [2.45, 2.75) is 25.7 Å². The molecule has 1 heterocycles. The molecule has 144 valence electrons. The molecule has 4 rings (SSSR count). The first-order chi connectivity index (χ1) is 12.3. The number of guanidine groups is 1. The molecule has 26 heavy (non-hydrogen) atoms. The summed E-state index contributed by atoms with van der Waals surface area (Å²) in [4.78, 5) is 9.14. The third-order valence-electron chi connectivity index (χ3n) is 5.96. The number of phenolic OH excluding ortho intramolecular Hbond substituents is 1. The monoisotopic (exact) mass is 470 g/mol. The van der Waals surface area contributed by atoms with E-state index in [-0.39, 0.29) is 24.0 Å². The molecule has 0 unspecified atom stereocenters. The van der Waals surface area contributed by atoms with Gasteiger partial charge in [0.25, 0.3) is 0 Å². The number of benzene rings is 1. The molecule has 1 aromatic rings. The Labute approximate surface area is 173 Å². The van der Waals surface area contributed by atoms with E-state index in [0.29, 0.717) is 5.75 Å². The van der Waals surface area contributed by atoms with Crippen LogP contribution in [0.5, 0.6) is 5.75 Å². The molecule has 3 fully saturated rings. The van der Waals surface area contributed by atoms with Crippen LogP contribution < -0.4 is 10.2 Å². The van der Waals surface area contributed by atoms with Gasteiger partial charge >= 0.3 is 0 Å². The third kappa shape index (κ3) is 4.56. The number of phenols is 1. The summed E-state index contributed by atoms with van der Waals surface area (Å²) in [5, 5.41) is 13.7. The Balaban J connectivity index is 0.00000196. The predicted molar refractivity (Wildman–Crippen MR) is 118 cm³/mol. The number of aromatic hydroxyl groups is 1. The van der Waals surface area contributed by atoms with Crippen molar-refractivity contribution in [1.29, 1.82) is 0 Å². The molecule has 0 atom stereocenters. The average Bonchev–Trinajstić information content (AvgIpc) is 3.54. The summed E-state index contributed by atoms with van der Waals surface area (Å²) in [5.74, 6) is 4.21. The third-order valence-corrected chi connectivity index (χ3v) is 5.96. The molecule has 1 aromatic carbocycles. The number of hydrogen-bond donors (Lipinski definition) is 2. The minimum Gasteiger partial charge on any atom is -0.506 e. The maximum Gasteiger partial charge on any atom is 0.193 e. The molecule has 0 spiro atoms. The minimum atomic E-state index is 0. The van der Waals surface area contributed by atoms with Crippen molar-refractivity contribution in [3.8, 4) is 5.75 Å². The number of nitrogens with zero attached hydrogens (tertiary/aromatic N) is 3. The van der Waals surface area contributed by atoms with Gasteiger partial charge in [0, 0.05) is 39.8 Å². The van der Waals surface area contributed by atoms with E-state index in [1.54, 1.807) is 6.07 Å². The average molecular weight is 470 g/mol. The van der Waals surface area contributed by atoms with E-state index in [1.807, 2.05) is 25.2 Å². The largest absolute Gasteiger partial charge is 0.506 e. The number of anilines is 1. The Morgan fingerprint density at radius 1 is 1.12 bits per heavy atom. The van der Waals surface area contributed by atoms with Gasteiger partial charge < -0.3 is 20.2 Å². The normalized spacial score (nSPS) is 20.9. The van der Waals surface area contributed by atoms with E-state index in [0.717, 1.165) is 62.1 Å². The fraction of sp³-hybridized carbons (Fsp3) is 0.650. The van der Waals surface area contributed by atoms with Gasteiger partial charge in [-0.25, -0.2) is 0 Å². The van der Waals surface area contributed by atoms with E-state index in [2.05, 4.69) is 20.1 Å². The van der Waals surface area contributed by atoms with Crippen molar-refractivity contribution in [3.63, 3.8) is 0 Å². The molecule has 2 aliphatic carbocycles. The minimum absolute atomic E-state index is 0. The van der Waals surface area contributed by atoms with E-state index < -0.39 is 0 Å². The summed E-state index contributed by atoms with van der Waals surface area (Å²) >= 11 is 0. The molecule has 0 radical (unpaired) electrons. The van der Waals surface area contributed by atoms with E-state index >= 15 is 0 Å². The molecule has 3 aliphatic rings. The van der Waals surface area contributed by atoms with Crippen molar-refractivity contribution < 1.29 is 5.11 Å². The van der Waals surface area contributed by atoms with Crippen molar-refractivity contribution >= 4 is 35.6 Å². The molecule has 6 heteroatoms. The van der Waals surface area contributed by atoms with E-state index in [9.17, 15) is 5.11 Å². The fourth-order valence-corrected chi connectivity index (χ4v) is 4.20. The summed E-state index contributed by atoms with van der Waals surface area (Å²) in [6.07, 6.45) is 5.72. The highest BCUT2D eigenvalue weighted by Gasteiger charge is 2.41. The van der Waals surface area contributed by atoms with Crippen LogP contribution in [-0.4, -0.2) is 55.7 Å². The second-order valence-electron chi connectivity index (χ2n) is 7.73. The highest BCUT2D eigenvalue weighted by Crippen LogP contribution is 2.48. The van der Waals surface area contributed by atoms with Crippen LogP contribution in [0.2, 0.25) is 0 Å². The van der Waals surface area contributed by atoms with Crippen LogP contribution in [0, 0.1) is 17.8 Å². The molecule has 0 amide bonds. The topological polar surface area (TPSA) is 51.1 Å². The Morgan fingerprint density at radius 2 is 1.73 bits per heavy atom. The van der Waals surface area contributed by atoms with Crippen LogP contribution in [0.25, 0.3) is 0 Å². The van der Waals surface area contributed by atoms with Gasteiger partial charge in [-0.2, -0.15) is 0 Å². The van der Waals surface area contributed by atoms with Gasteiger partial charge in [0.15, 0.2) is 5.96 Å². The number of halogens is 1. The van der Waals surface area contributed by atoms with Crippen molar-refractivity contribution in [3.05, 3.63) is 24.3 Å². The predicted octanol–water partition coefficient (Wildman–Crippen LogP) is 3.14. The Kier molecular flexibility index (Phi) is 6.53. The summed E-state index contributed by atoms with van der Waals surface area (Å²) in [7, 11) is 1.89. The lowest BCUT2D eigenvalue weighted by Gasteiger charge is -2.38. The SMILES string of the molecule is CN=C(NCC(C1CC1)C1CC1)N1CCN(c2ccccc2O)CC1.I. The van der Waals surface area contributed by atoms with Gasteiger partial charge in [0.05, 0.1) is 5.69 Å². The summed E-state index contributed by atoms with van der Waals surface area (Å²) < 4.78 is 0. The standard InChI is InChI=1S/C20H30N4O.HI/c1-21-20(22-14-17(15-6-7-15)16-8-9-16)24-12-10-23(11-13-24)18-4-2-3-5-19(18)25;/h2-5,15-17,25H,6-14H2,1H3,(H,21,22);1H. The second kappa shape index (κ2) is 8.67. The molecule has 5 nitrogen and oxygen atoms in total. The maximum absolute atomic E-state index is 10.1. The lowest BCUT2D eigenvalue weighted by atomic mass is 9.98. The van der Waals surface area contributed by atoms with Crippen LogP contribution in [0.1, 0.15) is 25.7 Å². The van der Waals surface area contributed by atoms with Crippen LogP contribution in [0.4, 0.5) is 5.69 Å². The molecule has 0 bridgehead atoms. The first kappa shape index (κ1) is 19.6. The van der Waals surface area contributed by atoms with Gasteiger partial charge in [-0.1, -0.05) is 12.1 Å². The summed E-state index contributed by atoms with van der Waals surface area (Å²) in [6.45, 7) is 4.78. The molecular weight excluding hydrogens is 439 g/mol. The summed E-state index contributed by atoms with van der Waals surface area (Å²) in [6, 6.07) is 7.61. The first-order valence-electron chi connectivity index (χ1n) is 9.75. The lowest BCUT2D eigenvalue weighted by molar-refractivity contribution is 0.352. The van der Waals surface area contributed by atoms with Gasteiger partial charge in [-0.05, 0) is 55.6 Å². The van der Waals surface area contributed by atoms with E-state index in [4.69, 9.17) is 0 Å². The number of rotatable bonds is 5. The number of nitrogens with one attached hydrogen (secondary N) is 1. The zero-order valence-corrected chi connectivity index (χ0v) is 17.9. The Bertz CT molecular complexity index is 610. The van der Waals surface area contributed by atoms with Gasteiger partial charge in [-0.15, -0.1) is 24.0 Å². The zero-order chi connectivity index (χ0) is 17.2. The zero-order valence-electron chi connectivity index (χ0n) is 15.6. The summed E-state index contributed by atoms with van der Waals surface area (Å²) in [5.41, 5.74) is 0.938. The lowest BCUT2D eigenvalue weighted by Crippen LogP contribution is -2.53. The number of para-hydroxylation sites is 2. The van der Waals surface area contributed by atoms with Gasteiger partial charge in [0.2, 0.25) is 0 Å². The fourth-order valence-electron chi connectivity index (χ4n) is 4.20. The van der Waals surface area contributed by atoms with Gasteiger partial charge in [-0.3, -0.25) is 4.99 Å². The highest BCUT2D eigenvalue weighted by molar-refractivity contribution is 14.0. The molecule has 1 saturated heterocycles. The Hall–Kier alpha value is -1.18. The highest BCUT2D eigenvalue weighted by atomic mass is 127. The number of aliphatic imine (C=N–C) groups is 1. The molecule has 1 aliphatic heterocycles. The quantitative estimate of drug-likeness (QED) is 0.395. The maximum atomic E-state index is 10.1.